The zero-order valence-corrected chi connectivity index (χ0v) is 14.0. The van der Waals surface area contributed by atoms with Crippen LogP contribution in [0.1, 0.15) is 16.9 Å². The smallest absolute Gasteiger partial charge is 0.268 e. The fraction of sp³-hybridized carbons (Fsp3) is 0.467. The first-order chi connectivity index (χ1) is 10.5. The van der Waals surface area contributed by atoms with Crippen LogP contribution < -0.4 is 10.6 Å². The van der Waals surface area contributed by atoms with E-state index >= 15 is 0 Å². The quantitative estimate of drug-likeness (QED) is 0.749. The monoisotopic (exact) mass is 322 g/mol. The van der Waals surface area contributed by atoms with Gasteiger partial charge in [-0.3, -0.25) is 9.59 Å². The molecule has 0 saturated heterocycles. The fourth-order valence-corrected chi connectivity index (χ4v) is 3.05. The Morgan fingerprint density at radius 2 is 2.09 bits per heavy atom. The zero-order chi connectivity index (χ0) is 16.1. The van der Waals surface area contributed by atoms with Gasteiger partial charge in [-0.05, 0) is 44.6 Å². The van der Waals surface area contributed by atoms with E-state index in [4.69, 9.17) is 0 Å². The van der Waals surface area contributed by atoms with E-state index in [1.165, 1.54) is 0 Å². The van der Waals surface area contributed by atoms with E-state index in [-0.39, 0.29) is 18.4 Å². The maximum atomic E-state index is 12.1. The van der Waals surface area contributed by atoms with Crippen LogP contribution in [0.5, 0.6) is 0 Å². The maximum Gasteiger partial charge on any atom is 0.268 e. The summed E-state index contributed by atoms with van der Waals surface area (Å²) in [6.45, 7) is 1.54. The Morgan fingerprint density at radius 1 is 1.32 bits per heavy atom. The summed E-state index contributed by atoms with van der Waals surface area (Å²) in [6, 6.07) is 3.83. The highest BCUT2D eigenvalue weighted by Gasteiger charge is 2.14. The average Bonchev–Trinajstić information content (AvgIpc) is 3.04. The van der Waals surface area contributed by atoms with Crippen molar-refractivity contribution in [3.8, 4) is 0 Å². The summed E-state index contributed by atoms with van der Waals surface area (Å²) in [6.07, 6.45) is 0.890. The molecule has 0 aliphatic heterocycles. The second kappa shape index (κ2) is 7.42. The van der Waals surface area contributed by atoms with Crippen LogP contribution >= 0.6 is 11.3 Å². The van der Waals surface area contributed by atoms with Gasteiger partial charge in [0.15, 0.2) is 0 Å². The highest BCUT2D eigenvalue weighted by molar-refractivity contribution is 7.17. The molecular formula is C15H22N4O2S. The third-order valence-electron chi connectivity index (χ3n) is 3.41. The molecule has 120 valence electrons. The normalized spacial score (nSPS) is 11.1. The number of carbonyl (C=O) groups excluding carboxylic acids is 2. The minimum absolute atomic E-state index is 0.000371. The topological polar surface area (TPSA) is 66.4 Å². The second-order valence-corrected chi connectivity index (χ2v) is 6.40. The van der Waals surface area contributed by atoms with Crippen LogP contribution in [0.2, 0.25) is 0 Å². The number of aryl methyl sites for hydroxylation is 1. The molecule has 0 atom stereocenters. The number of thiophene rings is 1. The summed E-state index contributed by atoms with van der Waals surface area (Å²) >= 11 is 1.60. The van der Waals surface area contributed by atoms with Crippen LogP contribution in [-0.4, -0.2) is 55.0 Å². The molecule has 2 N–H and O–H groups in total. The van der Waals surface area contributed by atoms with Crippen molar-refractivity contribution in [1.29, 1.82) is 0 Å². The van der Waals surface area contributed by atoms with Crippen LogP contribution in [0.25, 0.3) is 10.2 Å². The number of nitrogens with one attached hydrogen (secondary N) is 2. The number of fused-ring (bicyclic) bond motifs is 1. The van der Waals surface area contributed by atoms with Crippen molar-refractivity contribution in [3.05, 3.63) is 23.2 Å². The van der Waals surface area contributed by atoms with Crippen LogP contribution in [0, 0.1) is 0 Å². The van der Waals surface area contributed by atoms with Crippen molar-refractivity contribution < 1.29 is 9.59 Å². The molecule has 0 fully saturated rings. The third-order valence-corrected chi connectivity index (χ3v) is 4.26. The first-order valence-electron chi connectivity index (χ1n) is 7.21. The Kier molecular flexibility index (Phi) is 5.57. The average molecular weight is 322 g/mol. The van der Waals surface area contributed by atoms with Crippen molar-refractivity contribution >= 4 is 33.4 Å². The SMILES string of the molecule is CN(C)CCCNC(=O)CNC(=O)c1cc2sccc2n1C. The minimum Gasteiger partial charge on any atom is -0.355 e. The Labute approximate surface area is 134 Å². The van der Waals surface area contributed by atoms with Gasteiger partial charge in [-0.15, -0.1) is 11.3 Å². The Balaban J connectivity index is 1.78. The first-order valence-corrected chi connectivity index (χ1v) is 8.09. The van der Waals surface area contributed by atoms with E-state index in [0.717, 1.165) is 23.2 Å². The van der Waals surface area contributed by atoms with E-state index in [0.29, 0.717) is 12.2 Å². The molecule has 0 saturated carbocycles. The number of aromatic nitrogens is 1. The predicted molar refractivity (Wildman–Crippen MR) is 89.3 cm³/mol. The van der Waals surface area contributed by atoms with Gasteiger partial charge >= 0.3 is 0 Å². The predicted octanol–water partition coefficient (Wildman–Crippen LogP) is 1.04. The lowest BCUT2D eigenvalue weighted by molar-refractivity contribution is -0.120. The van der Waals surface area contributed by atoms with Crippen LogP contribution in [0.4, 0.5) is 0 Å². The van der Waals surface area contributed by atoms with Crippen molar-refractivity contribution in [2.24, 2.45) is 7.05 Å². The van der Waals surface area contributed by atoms with E-state index in [9.17, 15) is 9.59 Å². The van der Waals surface area contributed by atoms with E-state index < -0.39 is 0 Å². The molecule has 2 rings (SSSR count). The summed E-state index contributed by atoms with van der Waals surface area (Å²) in [5, 5.41) is 7.45. The molecule has 0 bridgehead atoms. The summed E-state index contributed by atoms with van der Waals surface area (Å²) in [5.41, 5.74) is 1.60. The molecule has 0 unspecified atom stereocenters. The zero-order valence-electron chi connectivity index (χ0n) is 13.2. The van der Waals surface area contributed by atoms with Gasteiger partial charge in [0, 0.05) is 13.6 Å². The summed E-state index contributed by atoms with van der Waals surface area (Å²) < 4.78 is 2.91. The number of hydrogen-bond donors (Lipinski definition) is 2. The highest BCUT2D eigenvalue weighted by atomic mass is 32.1. The number of carbonyl (C=O) groups is 2. The molecule has 6 nitrogen and oxygen atoms in total. The molecule has 2 amide bonds. The molecule has 0 aliphatic rings. The molecular weight excluding hydrogens is 300 g/mol. The van der Waals surface area contributed by atoms with E-state index in [1.807, 2.05) is 43.2 Å². The molecule has 2 aromatic rings. The van der Waals surface area contributed by atoms with Gasteiger partial charge in [0.05, 0.1) is 16.8 Å². The van der Waals surface area contributed by atoms with Crippen molar-refractivity contribution in [3.63, 3.8) is 0 Å². The molecule has 2 aromatic heterocycles. The number of nitrogens with zero attached hydrogens (tertiary/aromatic N) is 2. The largest absolute Gasteiger partial charge is 0.355 e. The molecule has 0 radical (unpaired) electrons. The van der Waals surface area contributed by atoms with Gasteiger partial charge in [0.1, 0.15) is 5.69 Å². The highest BCUT2D eigenvalue weighted by Crippen LogP contribution is 2.23. The van der Waals surface area contributed by atoms with E-state index in [1.54, 1.807) is 11.3 Å². The summed E-state index contributed by atoms with van der Waals surface area (Å²) in [7, 11) is 5.84. The number of amides is 2. The molecule has 0 aromatic carbocycles. The van der Waals surface area contributed by atoms with E-state index in [2.05, 4.69) is 15.5 Å². The lowest BCUT2D eigenvalue weighted by atomic mass is 10.3. The lowest BCUT2D eigenvalue weighted by Crippen LogP contribution is -2.38. The van der Waals surface area contributed by atoms with Crippen molar-refractivity contribution in [2.75, 3.05) is 33.7 Å². The van der Waals surface area contributed by atoms with Gasteiger partial charge in [-0.2, -0.15) is 0 Å². The summed E-state index contributed by atoms with van der Waals surface area (Å²) in [5.74, 6) is -0.391. The third kappa shape index (κ3) is 4.08. The molecule has 2 heterocycles. The Morgan fingerprint density at radius 3 is 2.77 bits per heavy atom. The minimum atomic E-state index is -0.227. The van der Waals surface area contributed by atoms with Crippen LogP contribution in [0.15, 0.2) is 17.5 Å². The Hall–Kier alpha value is -1.86. The number of hydrogen-bond acceptors (Lipinski definition) is 4. The van der Waals surface area contributed by atoms with Gasteiger partial charge < -0.3 is 20.1 Å². The molecule has 0 aliphatic carbocycles. The fourth-order valence-electron chi connectivity index (χ4n) is 2.20. The van der Waals surface area contributed by atoms with Crippen molar-refractivity contribution in [1.82, 2.24) is 20.1 Å². The summed E-state index contributed by atoms with van der Waals surface area (Å²) in [4.78, 5) is 25.9. The van der Waals surface area contributed by atoms with Crippen LogP contribution in [-0.2, 0) is 11.8 Å². The molecule has 22 heavy (non-hydrogen) atoms. The van der Waals surface area contributed by atoms with Gasteiger partial charge in [-0.1, -0.05) is 0 Å². The first kappa shape index (κ1) is 16.5. The molecule has 7 heteroatoms. The second-order valence-electron chi connectivity index (χ2n) is 5.45. The maximum absolute atomic E-state index is 12.1. The van der Waals surface area contributed by atoms with Gasteiger partial charge in [-0.25, -0.2) is 0 Å². The van der Waals surface area contributed by atoms with Gasteiger partial charge in [0.25, 0.3) is 5.91 Å². The standard InChI is InChI=1S/C15H22N4O2S/c1-18(2)7-4-6-16-14(20)10-17-15(21)12-9-13-11(19(12)3)5-8-22-13/h5,8-9H,4,6-7,10H2,1-3H3,(H,16,20)(H,17,21). The van der Waals surface area contributed by atoms with Crippen molar-refractivity contribution in [2.45, 2.75) is 6.42 Å². The lowest BCUT2D eigenvalue weighted by Gasteiger charge is -2.10. The Bertz CT molecular complexity index is 660. The van der Waals surface area contributed by atoms with Gasteiger partial charge in [0.2, 0.25) is 5.91 Å². The van der Waals surface area contributed by atoms with Crippen LogP contribution in [0.3, 0.4) is 0 Å². The number of rotatable bonds is 7. The molecule has 0 spiro atoms.